The molecule has 0 aliphatic heterocycles. The summed E-state index contributed by atoms with van der Waals surface area (Å²) in [5.41, 5.74) is 6.18. The summed E-state index contributed by atoms with van der Waals surface area (Å²) in [6.45, 7) is 0. The van der Waals surface area contributed by atoms with Gasteiger partial charge in [-0.3, -0.25) is 10.0 Å². The van der Waals surface area contributed by atoms with E-state index in [9.17, 15) is 14.8 Å². The van der Waals surface area contributed by atoms with Gasteiger partial charge in [-0.1, -0.05) is 30.3 Å². The topological polar surface area (TPSA) is 99.4 Å². The SMILES string of the molecule is NC(=O)N(O)C(Cc1ccc[nH]1)C(=O)c1ccccc1. The zero-order valence-corrected chi connectivity index (χ0v) is 10.7. The van der Waals surface area contributed by atoms with Gasteiger partial charge in [0.1, 0.15) is 6.04 Å². The molecule has 0 saturated carbocycles. The van der Waals surface area contributed by atoms with E-state index in [0.29, 0.717) is 5.56 Å². The molecule has 1 aromatic heterocycles. The summed E-state index contributed by atoms with van der Waals surface area (Å²) >= 11 is 0. The summed E-state index contributed by atoms with van der Waals surface area (Å²) in [6, 6.07) is 9.86. The van der Waals surface area contributed by atoms with Gasteiger partial charge in [0.25, 0.3) is 0 Å². The summed E-state index contributed by atoms with van der Waals surface area (Å²) in [6.07, 6.45) is 1.85. The number of Topliss-reactive ketones (excluding diaryl/α,β-unsaturated/α-hetero) is 1. The second-order valence-corrected chi connectivity index (χ2v) is 4.33. The molecule has 6 heteroatoms. The molecule has 0 radical (unpaired) electrons. The second kappa shape index (κ2) is 6.03. The van der Waals surface area contributed by atoms with Crippen molar-refractivity contribution < 1.29 is 14.8 Å². The first-order chi connectivity index (χ1) is 9.59. The Morgan fingerprint density at radius 3 is 2.45 bits per heavy atom. The predicted octanol–water partition coefficient (Wildman–Crippen LogP) is 1.58. The van der Waals surface area contributed by atoms with Gasteiger partial charge >= 0.3 is 6.03 Å². The summed E-state index contributed by atoms with van der Waals surface area (Å²) in [7, 11) is 0. The highest BCUT2D eigenvalue weighted by molar-refractivity contribution is 6.01. The van der Waals surface area contributed by atoms with Gasteiger partial charge in [-0.15, -0.1) is 0 Å². The first-order valence-corrected chi connectivity index (χ1v) is 6.08. The molecule has 1 unspecified atom stereocenters. The molecule has 104 valence electrons. The molecule has 2 aromatic rings. The Bertz CT molecular complexity index is 581. The quantitative estimate of drug-likeness (QED) is 0.438. The van der Waals surface area contributed by atoms with Crippen molar-refractivity contribution in [3.63, 3.8) is 0 Å². The number of nitrogens with two attached hydrogens (primary N) is 1. The Morgan fingerprint density at radius 2 is 1.90 bits per heavy atom. The maximum atomic E-state index is 12.4. The monoisotopic (exact) mass is 273 g/mol. The molecule has 1 aromatic carbocycles. The maximum Gasteiger partial charge on any atom is 0.339 e. The molecular weight excluding hydrogens is 258 g/mol. The number of nitrogens with one attached hydrogen (secondary N) is 1. The van der Waals surface area contributed by atoms with Crippen molar-refractivity contribution in [1.29, 1.82) is 0 Å². The van der Waals surface area contributed by atoms with Crippen molar-refractivity contribution in [1.82, 2.24) is 10.0 Å². The highest BCUT2D eigenvalue weighted by Gasteiger charge is 2.29. The van der Waals surface area contributed by atoms with Crippen LogP contribution in [-0.2, 0) is 6.42 Å². The number of nitrogens with zero attached hydrogens (tertiary/aromatic N) is 1. The number of ketones is 1. The van der Waals surface area contributed by atoms with Crippen LogP contribution in [0.15, 0.2) is 48.7 Å². The molecule has 2 rings (SSSR count). The van der Waals surface area contributed by atoms with Crippen molar-refractivity contribution in [3.05, 3.63) is 59.9 Å². The van der Waals surface area contributed by atoms with E-state index in [0.717, 1.165) is 5.69 Å². The standard InChI is InChI=1S/C14H15N3O3/c15-14(19)17(20)12(9-11-7-4-8-16-11)13(18)10-5-2-1-3-6-10/h1-8,12,16,20H,9H2,(H2,15,19). The lowest BCUT2D eigenvalue weighted by molar-refractivity contribution is -0.0644. The van der Waals surface area contributed by atoms with Crippen LogP contribution in [0.4, 0.5) is 4.79 Å². The van der Waals surface area contributed by atoms with Gasteiger partial charge in [0.05, 0.1) is 0 Å². The molecule has 1 heterocycles. The number of aromatic nitrogens is 1. The largest absolute Gasteiger partial charge is 0.365 e. The molecule has 0 aliphatic carbocycles. The van der Waals surface area contributed by atoms with Crippen molar-refractivity contribution in [3.8, 4) is 0 Å². The van der Waals surface area contributed by atoms with Gasteiger partial charge in [-0.05, 0) is 12.1 Å². The number of carbonyl (C=O) groups excluding carboxylic acids is 2. The number of hydrogen-bond donors (Lipinski definition) is 3. The Labute approximate surface area is 115 Å². The van der Waals surface area contributed by atoms with E-state index in [-0.39, 0.29) is 17.3 Å². The van der Waals surface area contributed by atoms with Crippen molar-refractivity contribution in [2.24, 2.45) is 5.73 Å². The van der Waals surface area contributed by atoms with Crippen LogP contribution >= 0.6 is 0 Å². The highest BCUT2D eigenvalue weighted by atomic mass is 16.5. The van der Waals surface area contributed by atoms with Gasteiger partial charge in [0.15, 0.2) is 5.78 Å². The molecule has 6 nitrogen and oxygen atoms in total. The van der Waals surface area contributed by atoms with Gasteiger partial charge in [-0.2, -0.15) is 5.06 Å². The van der Waals surface area contributed by atoms with E-state index < -0.39 is 12.1 Å². The Morgan fingerprint density at radius 1 is 1.20 bits per heavy atom. The lowest BCUT2D eigenvalue weighted by atomic mass is 10.00. The molecule has 0 spiro atoms. The predicted molar refractivity (Wildman–Crippen MR) is 72.3 cm³/mol. The summed E-state index contributed by atoms with van der Waals surface area (Å²) in [5, 5.41) is 10.0. The molecule has 1 atom stereocenters. The molecule has 0 aliphatic rings. The average molecular weight is 273 g/mol. The van der Waals surface area contributed by atoms with E-state index in [1.807, 2.05) is 0 Å². The molecule has 2 amide bonds. The molecule has 0 fully saturated rings. The third-order valence-electron chi connectivity index (χ3n) is 2.96. The van der Waals surface area contributed by atoms with Crippen LogP contribution < -0.4 is 5.73 Å². The minimum absolute atomic E-state index is 0.153. The van der Waals surface area contributed by atoms with Crippen LogP contribution in [0.2, 0.25) is 0 Å². The number of hydrogen-bond acceptors (Lipinski definition) is 3. The van der Waals surface area contributed by atoms with E-state index in [2.05, 4.69) is 4.98 Å². The molecular formula is C14H15N3O3. The number of carbonyl (C=O) groups is 2. The van der Waals surface area contributed by atoms with Crippen LogP contribution in [0, 0.1) is 0 Å². The van der Waals surface area contributed by atoms with Crippen LogP contribution in [0.1, 0.15) is 16.1 Å². The van der Waals surface area contributed by atoms with Gasteiger partial charge in [-0.25, -0.2) is 4.79 Å². The number of hydroxylamine groups is 2. The summed E-state index contributed by atoms with van der Waals surface area (Å²) < 4.78 is 0. The number of benzene rings is 1. The van der Waals surface area contributed by atoms with E-state index in [4.69, 9.17) is 5.73 Å². The third-order valence-corrected chi connectivity index (χ3v) is 2.96. The lowest BCUT2D eigenvalue weighted by Crippen LogP contribution is -2.46. The number of H-pyrrole nitrogens is 1. The fourth-order valence-electron chi connectivity index (χ4n) is 1.94. The number of aromatic amines is 1. The van der Waals surface area contributed by atoms with Crippen LogP contribution in [0.5, 0.6) is 0 Å². The average Bonchev–Trinajstić information content (AvgIpc) is 2.97. The number of primary amides is 1. The molecule has 20 heavy (non-hydrogen) atoms. The van der Waals surface area contributed by atoms with Crippen LogP contribution in [0.3, 0.4) is 0 Å². The highest BCUT2D eigenvalue weighted by Crippen LogP contribution is 2.12. The van der Waals surface area contributed by atoms with Gasteiger partial charge in [0.2, 0.25) is 0 Å². The number of urea groups is 1. The third kappa shape index (κ3) is 3.04. The fourth-order valence-corrected chi connectivity index (χ4v) is 1.94. The zero-order chi connectivity index (χ0) is 14.5. The van der Waals surface area contributed by atoms with E-state index in [1.54, 1.807) is 48.7 Å². The first kappa shape index (κ1) is 13.8. The Hall–Kier alpha value is -2.60. The Kier molecular flexibility index (Phi) is 4.17. The molecule has 0 saturated heterocycles. The van der Waals surface area contributed by atoms with E-state index in [1.165, 1.54) is 0 Å². The maximum absolute atomic E-state index is 12.4. The summed E-state index contributed by atoms with van der Waals surface area (Å²) in [5.74, 6) is -0.374. The van der Waals surface area contributed by atoms with Crippen molar-refractivity contribution in [2.45, 2.75) is 12.5 Å². The zero-order valence-electron chi connectivity index (χ0n) is 10.7. The van der Waals surface area contributed by atoms with E-state index >= 15 is 0 Å². The van der Waals surface area contributed by atoms with Gasteiger partial charge < -0.3 is 10.7 Å². The summed E-state index contributed by atoms with van der Waals surface area (Å²) in [4.78, 5) is 26.5. The normalized spacial score (nSPS) is 11.8. The van der Waals surface area contributed by atoms with Crippen molar-refractivity contribution >= 4 is 11.8 Å². The second-order valence-electron chi connectivity index (χ2n) is 4.33. The van der Waals surface area contributed by atoms with Gasteiger partial charge in [0, 0.05) is 23.9 Å². The molecule has 4 N–H and O–H groups in total. The smallest absolute Gasteiger partial charge is 0.339 e. The minimum Gasteiger partial charge on any atom is -0.365 e. The lowest BCUT2D eigenvalue weighted by Gasteiger charge is -2.23. The van der Waals surface area contributed by atoms with Crippen LogP contribution in [-0.4, -0.2) is 33.1 Å². The minimum atomic E-state index is -1.06. The van der Waals surface area contributed by atoms with Crippen LogP contribution in [0.25, 0.3) is 0 Å². The van der Waals surface area contributed by atoms with Crippen molar-refractivity contribution in [2.75, 3.05) is 0 Å². The number of amides is 2. The fraction of sp³-hybridized carbons (Fsp3) is 0.143. The number of rotatable bonds is 5. The Balaban J connectivity index is 2.26. The first-order valence-electron chi connectivity index (χ1n) is 6.08. The molecule has 0 bridgehead atoms.